The molecule has 0 bridgehead atoms. The van der Waals surface area contributed by atoms with E-state index in [1.54, 1.807) is 0 Å². The van der Waals surface area contributed by atoms with Crippen molar-refractivity contribution < 1.29 is 9.53 Å². The Balaban J connectivity index is 2.39. The summed E-state index contributed by atoms with van der Waals surface area (Å²) in [5, 5.41) is 0. The van der Waals surface area contributed by atoms with Gasteiger partial charge in [0.15, 0.2) is 0 Å². The Bertz CT molecular complexity index is 173. The van der Waals surface area contributed by atoms with Crippen molar-refractivity contribution in [3.63, 3.8) is 0 Å². The third kappa shape index (κ3) is 2.67. The molecule has 1 saturated heterocycles. The van der Waals surface area contributed by atoms with E-state index in [2.05, 4.69) is 4.90 Å². The van der Waals surface area contributed by atoms with Crippen molar-refractivity contribution in [2.45, 2.75) is 25.3 Å². The van der Waals surface area contributed by atoms with E-state index < -0.39 is 0 Å². The van der Waals surface area contributed by atoms with E-state index in [0.29, 0.717) is 6.54 Å². The monoisotopic (exact) mass is 186 g/mol. The second kappa shape index (κ2) is 5.19. The molecule has 0 saturated carbocycles. The Kier molecular flexibility index (Phi) is 4.18. The molecule has 0 aromatic carbocycles. The van der Waals surface area contributed by atoms with E-state index in [1.807, 2.05) is 0 Å². The van der Waals surface area contributed by atoms with Crippen LogP contribution in [0.2, 0.25) is 0 Å². The maximum Gasteiger partial charge on any atom is 0.323 e. The summed E-state index contributed by atoms with van der Waals surface area (Å²) in [6.45, 7) is 2.60. The smallest absolute Gasteiger partial charge is 0.323 e. The fourth-order valence-electron chi connectivity index (χ4n) is 1.79. The number of hydrogen-bond donors (Lipinski definition) is 1. The van der Waals surface area contributed by atoms with Gasteiger partial charge in [-0.3, -0.25) is 9.69 Å². The van der Waals surface area contributed by atoms with Gasteiger partial charge in [-0.1, -0.05) is 0 Å². The van der Waals surface area contributed by atoms with Gasteiger partial charge in [-0.25, -0.2) is 0 Å². The second-order valence-electron chi connectivity index (χ2n) is 3.36. The van der Waals surface area contributed by atoms with Crippen LogP contribution in [-0.2, 0) is 9.53 Å². The molecule has 1 rings (SSSR count). The zero-order valence-electron chi connectivity index (χ0n) is 8.16. The molecule has 0 aliphatic carbocycles. The quantitative estimate of drug-likeness (QED) is 0.627. The minimum atomic E-state index is -0.102. The number of esters is 1. The van der Waals surface area contributed by atoms with Crippen molar-refractivity contribution in [3.8, 4) is 0 Å². The molecule has 0 radical (unpaired) electrons. The summed E-state index contributed by atoms with van der Waals surface area (Å²) in [7, 11) is 1.45. The highest BCUT2D eigenvalue weighted by Crippen LogP contribution is 2.17. The highest BCUT2D eigenvalue weighted by Gasteiger charge is 2.30. The van der Waals surface area contributed by atoms with Gasteiger partial charge in [0.05, 0.1) is 7.11 Å². The maximum absolute atomic E-state index is 11.3. The van der Waals surface area contributed by atoms with Gasteiger partial charge in [0.2, 0.25) is 0 Å². The van der Waals surface area contributed by atoms with Gasteiger partial charge in [-0.2, -0.15) is 0 Å². The number of rotatable bonds is 4. The first-order valence-electron chi connectivity index (χ1n) is 4.81. The van der Waals surface area contributed by atoms with Gasteiger partial charge in [-0.05, 0) is 32.4 Å². The molecule has 13 heavy (non-hydrogen) atoms. The number of ether oxygens (including phenoxy) is 1. The fourth-order valence-corrected chi connectivity index (χ4v) is 1.79. The van der Waals surface area contributed by atoms with Crippen molar-refractivity contribution in [1.82, 2.24) is 4.90 Å². The second-order valence-corrected chi connectivity index (χ2v) is 3.36. The first-order valence-corrected chi connectivity index (χ1v) is 4.81. The molecule has 1 fully saturated rings. The SMILES string of the molecule is COC(=O)C1CCCN1CCCN. The van der Waals surface area contributed by atoms with Crippen molar-refractivity contribution in [2.75, 3.05) is 26.7 Å². The first-order chi connectivity index (χ1) is 6.29. The summed E-state index contributed by atoms with van der Waals surface area (Å²) < 4.78 is 4.73. The van der Waals surface area contributed by atoms with E-state index >= 15 is 0 Å². The summed E-state index contributed by atoms with van der Waals surface area (Å²) in [6, 6.07) is -0.0171. The highest BCUT2D eigenvalue weighted by molar-refractivity contribution is 5.75. The Morgan fingerprint density at radius 1 is 1.69 bits per heavy atom. The van der Waals surface area contributed by atoms with Gasteiger partial charge in [0.25, 0.3) is 0 Å². The van der Waals surface area contributed by atoms with Gasteiger partial charge >= 0.3 is 5.97 Å². The van der Waals surface area contributed by atoms with Crippen LogP contribution in [0.3, 0.4) is 0 Å². The molecule has 0 spiro atoms. The largest absolute Gasteiger partial charge is 0.468 e. The van der Waals surface area contributed by atoms with Crippen molar-refractivity contribution in [2.24, 2.45) is 5.73 Å². The standard InChI is InChI=1S/C9H18N2O2/c1-13-9(12)8-4-2-6-11(8)7-3-5-10/h8H,2-7,10H2,1H3. The van der Waals surface area contributed by atoms with E-state index in [4.69, 9.17) is 10.5 Å². The van der Waals surface area contributed by atoms with Crippen molar-refractivity contribution >= 4 is 5.97 Å². The van der Waals surface area contributed by atoms with E-state index in [1.165, 1.54) is 7.11 Å². The normalized spacial score (nSPS) is 23.4. The third-order valence-electron chi connectivity index (χ3n) is 2.49. The average Bonchev–Trinajstić information content (AvgIpc) is 2.61. The molecule has 0 aromatic heterocycles. The van der Waals surface area contributed by atoms with Crippen LogP contribution < -0.4 is 5.73 Å². The maximum atomic E-state index is 11.3. The molecule has 4 nitrogen and oxygen atoms in total. The predicted molar refractivity (Wildman–Crippen MR) is 50.3 cm³/mol. The van der Waals surface area contributed by atoms with Crippen LogP contribution in [0.1, 0.15) is 19.3 Å². The zero-order valence-corrected chi connectivity index (χ0v) is 8.16. The number of likely N-dealkylation sites (tertiary alicyclic amines) is 1. The number of methoxy groups -OCH3 is 1. The van der Waals surface area contributed by atoms with Gasteiger partial charge in [0, 0.05) is 6.54 Å². The van der Waals surface area contributed by atoms with Crippen LogP contribution in [0.15, 0.2) is 0 Å². The predicted octanol–water partition coefficient (Wildman–Crippen LogP) is -0.0274. The van der Waals surface area contributed by atoms with Gasteiger partial charge < -0.3 is 10.5 Å². The molecule has 76 valence electrons. The van der Waals surface area contributed by atoms with Crippen LogP contribution in [0.25, 0.3) is 0 Å². The van der Waals surface area contributed by atoms with Crippen molar-refractivity contribution in [1.29, 1.82) is 0 Å². The Hall–Kier alpha value is -0.610. The molecule has 4 heteroatoms. The molecular weight excluding hydrogens is 168 g/mol. The topological polar surface area (TPSA) is 55.6 Å². The van der Waals surface area contributed by atoms with Crippen LogP contribution in [0.5, 0.6) is 0 Å². The number of nitrogens with zero attached hydrogens (tertiary/aromatic N) is 1. The number of nitrogens with two attached hydrogens (primary N) is 1. The summed E-state index contributed by atoms with van der Waals surface area (Å²) in [5.74, 6) is -0.102. The van der Waals surface area contributed by atoms with Gasteiger partial charge in [-0.15, -0.1) is 0 Å². The lowest BCUT2D eigenvalue weighted by Crippen LogP contribution is -2.37. The van der Waals surface area contributed by atoms with Gasteiger partial charge in [0.1, 0.15) is 6.04 Å². The molecule has 1 unspecified atom stereocenters. The van der Waals surface area contributed by atoms with Crippen LogP contribution in [0.4, 0.5) is 0 Å². The van der Waals surface area contributed by atoms with E-state index in [9.17, 15) is 4.79 Å². The summed E-state index contributed by atoms with van der Waals surface area (Å²) >= 11 is 0. The summed E-state index contributed by atoms with van der Waals surface area (Å²) in [4.78, 5) is 13.5. The Labute approximate surface area is 79.0 Å². The molecule has 0 aromatic rings. The fraction of sp³-hybridized carbons (Fsp3) is 0.889. The Morgan fingerprint density at radius 3 is 3.08 bits per heavy atom. The molecular formula is C9H18N2O2. The van der Waals surface area contributed by atoms with Crippen LogP contribution in [0, 0.1) is 0 Å². The number of hydrogen-bond acceptors (Lipinski definition) is 4. The third-order valence-corrected chi connectivity index (χ3v) is 2.49. The lowest BCUT2D eigenvalue weighted by atomic mass is 10.2. The molecule has 1 atom stereocenters. The summed E-state index contributed by atoms with van der Waals surface area (Å²) in [5.41, 5.74) is 5.42. The number of carbonyl (C=O) groups is 1. The van der Waals surface area contributed by atoms with Crippen molar-refractivity contribution in [3.05, 3.63) is 0 Å². The van der Waals surface area contributed by atoms with E-state index in [0.717, 1.165) is 32.4 Å². The minimum absolute atomic E-state index is 0.0171. The molecule has 2 N–H and O–H groups in total. The zero-order chi connectivity index (χ0) is 9.68. The Morgan fingerprint density at radius 2 is 2.46 bits per heavy atom. The van der Waals surface area contributed by atoms with Crippen LogP contribution in [-0.4, -0.2) is 43.7 Å². The number of carbonyl (C=O) groups excluding carboxylic acids is 1. The lowest BCUT2D eigenvalue weighted by Gasteiger charge is -2.21. The highest BCUT2D eigenvalue weighted by atomic mass is 16.5. The summed E-state index contributed by atoms with van der Waals surface area (Å²) in [6.07, 6.45) is 2.97. The first kappa shape index (κ1) is 10.5. The minimum Gasteiger partial charge on any atom is -0.468 e. The molecule has 1 aliphatic heterocycles. The average molecular weight is 186 g/mol. The van der Waals surface area contributed by atoms with E-state index in [-0.39, 0.29) is 12.0 Å². The molecule has 1 heterocycles. The molecule has 0 amide bonds. The van der Waals surface area contributed by atoms with Crippen LogP contribution >= 0.6 is 0 Å². The lowest BCUT2D eigenvalue weighted by molar-refractivity contribution is -0.145. The molecule has 1 aliphatic rings.